The van der Waals surface area contributed by atoms with Gasteiger partial charge in [0.1, 0.15) is 95.9 Å². The van der Waals surface area contributed by atoms with Crippen LogP contribution in [0.3, 0.4) is 0 Å². The predicted molar refractivity (Wildman–Crippen MR) is 477 cm³/mol. The number of pyridine rings is 2. The van der Waals surface area contributed by atoms with Crippen molar-refractivity contribution in [3.05, 3.63) is 60.3 Å². The van der Waals surface area contributed by atoms with Crippen molar-refractivity contribution >= 4 is 81.8 Å². The number of halogens is 2. The molecule has 0 aromatic carbocycles. The van der Waals surface area contributed by atoms with Gasteiger partial charge in [-0.3, -0.25) is 38.4 Å². The maximum Gasteiger partial charge on any atom is 0.351 e. The maximum atomic E-state index is 17.1. The number of likely N-dealkylation sites (N-methyl/N-ethyl adjacent to an activating group) is 2. The quantitative estimate of drug-likeness (QED) is 0.0253. The number of carbonyl (C=O) groups excluding carboxylic acids is 9. The first-order valence-corrected chi connectivity index (χ1v) is 45.0. The van der Waals surface area contributed by atoms with Crippen molar-refractivity contribution in [2.45, 2.75) is 323 Å². The highest BCUT2D eigenvalue weighted by Gasteiger charge is 2.61. The summed E-state index contributed by atoms with van der Waals surface area (Å²) in [4.78, 5) is 161. The number of rotatable bonds is 19. The van der Waals surface area contributed by atoms with Gasteiger partial charge in [-0.05, 0) is 158 Å². The van der Waals surface area contributed by atoms with Crippen LogP contribution in [0.5, 0.6) is 0 Å². The van der Waals surface area contributed by atoms with Crippen molar-refractivity contribution < 1.29 is 137 Å². The second-order valence-corrected chi connectivity index (χ2v) is 36.8. The number of oxazole rings is 2. The zero-order valence-corrected chi connectivity index (χ0v) is 80.7. The van der Waals surface area contributed by atoms with Crippen LogP contribution in [0.4, 0.5) is 20.4 Å². The van der Waals surface area contributed by atoms with E-state index in [1.165, 1.54) is 54.1 Å². The third kappa shape index (κ3) is 26.9. The topological polar surface area (TPSA) is 523 Å². The lowest BCUT2D eigenvalue weighted by atomic mass is 9.73. The molecule has 0 radical (unpaired) electrons. The number of carbonyl (C=O) groups is 9. The molecule has 8 N–H and O–H groups in total. The van der Waals surface area contributed by atoms with Crippen LogP contribution in [0, 0.1) is 35.5 Å². The zero-order chi connectivity index (χ0) is 99.1. The lowest BCUT2D eigenvalue weighted by Crippen LogP contribution is -2.62. The number of hydrogen-bond donors (Lipinski definition) is 5. The molecule has 6 aliphatic rings. The first-order valence-electron chi connectivity index (χ1n) is 45.0. The number of ether oxygens (including phenoxy) is 12. The van der Waals surface area contributed by atoms with E-state index in [0.29, 0.717) is 58.7 Å². The van der Waals surface area contributed by atoms with E-state index >= 15 is 8.78 Å². The molecule has 2 amide bonds. The molecule has 4 bridgehead atoms. The molecule has 10 rings (SSSR count). The van der Waals surface area contributed by atoms with Gasteiger partial charge in [0.05, 0.1) is 73.1 Å². The van der Waals surface area contributed by atoms with Gasteiger partial charge in [-0.25, -0.2) is 54.2 Å². The van der Waals surface area contributed by atoms with E-state index in [1.807, 2.05) is 58.8 Å². The van der Waals surface area contributed by atoms with Gasteiger partial charge >= 0.3 is 23.9 Å². The smallest absolute Gasteiger partial charge is 0.351 e. The maximum absolute atomic E-state index is 17.1. The van der Waals surface area contributed by atoms with Crippen LogP contribution in [-0.2, 0) is 123 Å². The van der Waals surface area contributed by atoms with E-state index in [-0.39, 0.29) is 82.4 Å². The Morgan fingerprint density at radius 2 is 0.940 bits per heavy atom. The van der Waals surface area contributed by atoms with Gasteiger partial charge in [0.25, 0.3) is 11.3 Å². The normalized spacial score (nSPS) is 35.7. The number of hydrogen-bond acceptors (Lipinski definition) is 37. The number of aliphatic imine (C=N–C) groups is 2. The molecule has 4 aromatic heterocycles. The number of esters is 4. The van der Waals surface area contributed by atoms with E-state index < -0.39 is 221 Å². The fourth-order valence-electron chi connectivity index (χ4n) is 18.2. The van der Waals surface area contributed by atoms with E-state index in [9.17, 15) is 53.4 Å². The van der Waals surface area contributed by atoms with Crippen LogP contribution in [0.15, 0.2) is 72.9 Å². The molecule has 0 unspecified atom stereocenters. The van der Waals surface area contributed by atoms with E-state index in [4.69, 9.17) is 87.9 Å². The number of ketones is 3. The molecule has 10 heterocycles. The first-order chi connectivity index (χ1) is 62.2. The minimum atomic E-state index is -3.27. The average Bonchev–Trinajstić information content (AvgIpc) is 1.66. The van der Waals surface area contributed by atoms with Gasteiger partial charge in [0.15, 0.2) is 48.7 Å². The van der Waals surface area contributed by atoms with Crippen molar-refractivity contribution in [2.24, 2.45) is 56.5 Å². The summed E-state index contributed by atoms with van der Waals surface area (Å²) in [6, 6.07) is 9.45. The summed E-state index contributed by atoms with van der Waals surface area (Å²) in [6.45, 7) is 28.2. The number of oxime groups is 1. The number of cyclic esters (lactones) is 2. The molecule has 6 saturated heterocycles. The number of aromatic nitrogens is 4. The van der Waals surface area contributed by atoms with Gasteiger partial charge in [-0.2, -0.15) is 0 Å². The molecule has 41 heteroatoms. The van der Waals surface area contributed by atoms with Crippen molar-refractivity contribution in [3.8, 4) is 23.2 Å². The fraction of sp³-hybridized carbons (Fsp3) is 0.696. The largest absolute Gasteiger partial charge is 0.457 e. The minimum Gasteiger partial charge on any atom is -0.457 e. The van der Waals surface area contributed by atoms with Gasteiger partial charge < -0.3 is 102 Å². The molecule has 133 heavy (non-hydrogen) atoms. The number of nitrogens with zero attached hydrogens (tertiary/aromatic N) is 9. The Kier molecular flexibility index (Phi) is 38.1. The van der Waals surface area contributed by atoms with Crippen LogP contribution in [0.25, 0.3) is 23.2 Å². The van der Waals surface area contributed by atoms with Crippen LogP contribution in [0.1, 0.15) is 201 Å². The summed E-state index contributed by atoms with van der Waals surface area (Å²) in [5.41, 5.74) is 0.163. The van der Waals surface area contributed by atoms with E-state index in [1.54, 1.807) is 98.7 Å². The number of anilines is 2. The summed E-state index contributed by atoms with van der Waals surface area (Å²) in [6.07, 6.45) is -10.1. The number of nitrogen functional groups attached to an aromatic ring is 2. The standard InChI is InChI=1S/C46H67FN6O13.C37H59FN2O12.C9H10N4O2/c1-13-33-46(10,58)40-26(5)36(51-35(55)14-2)24(3)19-44(8,61-22-30(21-59-40)52-62-23-29-20-60-41(49-29)31-16-15-17-34(48)50-31)39(27(6)38(56)45(9,47)43(57)65-33)66-42-37(64-28(7)54)32(53(11)12)18-25(4)63-42;1-13-26-37(10,46)32-21(5)28(39-27(43)14-2)19(3)16-35(8,48-18-24(42)17-47-32)31(22(6)30(44)36(9,38)34(45)51-26)52-33-29(50-23(7)41)25(40(11)12)15-20(4)49-33;10-8-3-1-2-7(13-8)9-12-6(4-14-9)5-15-11/h15-17,20,24-27,32-33,37,39-40,42,58H,13-14,18-19,21-23H2,1-12H3,(H2,48,50);19-22,25-26,29,31-33,46H,13-18H2,1-12H3;1-4H,5,11H2,(H2,10,13)/t24-,25-,26+,27+,32+,33-,37-,39-,40-,42+,44-,45+,46-;19-,20-,21+,22+,25+,26-,29-,31-,32-,33+,35-,36+,37-;/m11./s1. The van der Waals surface area contributed by atoms with Crippen LogP contribution >= 0.6 is 0 Å². The third-order valence-corrected chi connectivity index (χ3v) is 25.1. The molecule has 740 valence electrons. The Hall–Kier alpha value is -9.34. The molecular formula is C92H136F2N12O27. The summed E-state index contributed by atoms with van der Waals surface area (Å²) in [7, 11) is 7.25. The number of alkyl halides is 2. The van der Waals surface area contributed by atoms with E-state index in [2.05, 4.69) is 39.9 Å². The second kappa shape index (κ2) is 46.5. The molecule has 0 spiro atoms. The number of Topliss-reactive ketones (excluding diaryl/α,β-unsaturated/α-hetero) is 3. The average molecular weight is 1880 g/mol. The van der Waals surface area contributed by atoms with Crippen LogP contribution < -0.4 is 17.4 Å². The zero-order valence-electron chi connectivity index (χ0n) is 80.7. The Labute approximate surface area is 774 Å². The molecule has 6 fully saturated rings. The number of aliphatic hydroxyl groups is 2. The first kappa shape index (κ1) is 109. The van der Waals surface area contributed by atoms with Gasteiger partial charge in [0.2, 0.25) is 23.6 Å². The van der Waals surface area contributed by atoms with Crippen LogP contribution in [-0.4, -0.2) is 284 Å². The summed E-state index contributed by atoms with van der Waals surface area (Å²) in [5.74, 6) is -7.97. The van der Waals surface area contributed by atoms with Crippen LogP contribution in [0.2, 0.25) is 0 Å². The second-order valence-electron chi connectivity index (χ2n) is 36.8. The monoisotopic (exact) mass is 1880 g/mol. The molecular weight excluding hydrogens is 1740 g/mol. The highest BCUT2D eigenvalue weighted by molar-refractivity contribution is 6.09. The van der Waals surface area contributed by atoms with Gasteiger partial charge in [-0.1, -0.05) is 86.5 Å². The lowest BCUT2D eigenvalue weighted by molar-refractivity contribution is -0.299. The Balaban J connectivity index is 0.000000287. The number of fused-ring (bicyclic) bond motifs is 10. The Morgan fingerprint density at radius 1 is 0.549 bits per heavy atom. The predicted octanol–water partition coefficient (Wildman–Crippen LogP) is 8.69. The van der Waals surface area contributed by atoms with E-state index in [0.717, 1.165) is 13.8 Å². The summed E-state index contributed by atoms with van der Waals surface area (Å²) >= 11 is 0. The molecule has 0 aliphatic carbocycles. The molecule has 6 aliphatic heterocycles. The number of amides is 2. The van der Waals surface area contributed by atoms with Crippen molar-refractivity contribution in [1.82, 2.24) is 29.7 Å². The highest BCUT2D eigenvalue weighted by atomic mass is 19.1. The highest BCUT2D eigenvalue weighted by Crippen LogP contribution is 2.45. The lowest BCUT2D eigenvalue weighted by Gasteiger charge is -2.48. The molecule has 4 aromatic rings. The molecule has 39 nitrogen and oxygen atoms in total. The molecule has 0 saturated carbocycles. The Morgan fingerprint density at radius 3 is 1.31 bits per heavy atom. The number of nitrogens with two attached hydrogens (primary N) is 3. The van der Waals surface area contributed by atoms with Gasteiger partial charge in [-0.15, -0.1) is 0 Å². The third-order valence-electron chi connectivity index (χ3n) is 25.1. The SMILES string of the molecule is CCC(=O)N=C1[C@H](C)C[C@@]2(C)OCC(=NOCc3coc(-c4cccc(N)n4)n3)CO[C@H]([C@H]1C)[C@](C)(O)[C@@H](CC)OC(=O)[C@@](C)(F)C(=O)[C@H](C)[C@H]2O[C@@H]1O[C@H](C)C[C@H](N(C)C)[C@H]1OC(C)=O.CCC(=O)N=C1[C@H](C)C[C@@]2(C)OCC(=O)CO[C@H]([C@H]1C)[C@](C)(O)[C@@H](CC)OC(=O)[C@@](C)(F)C(=O)[C@H](C)[C@H]2O[C@@H]1O[C@H](C)C[C@H](N(C)C)[C@H]1OC(C)=O.NOCc1coc(-c2cccc(N)n2)n1. The minimum absolute atomic E-state index is 0.0241. The van der Waals surface area contributed by atoms with Crippen molar-refractivity contribution in [3.63, 3.8) is 0 Å². The molecule has 26 atom stereocenters. The van der Waals surface area contributed by atoms with Gasteiger partial charge in [0, 0.05) is 61.8 Å². The van der Waals surface area contributed by atoms with Crippen molar-refractivity contribution in [2.75, 3.05) is 66.1 Å². The summed E-state index contributed by atoms with van der Waals surface area (Å²) < 4.78 is 120. The summed E-state index contributed by atoms with van der Waals surface area (Å²) in [5, 5.41) is 28.9. The van der Waals surface area contributed by atoms with Crippen molar-refractivity contribution in [1.29, 1.82) is 0 Å². The fourth-order valence-corrected chi connectivity index (χ4v) is 18.2. The Bertz CT molecular complexity index is 4770.